The number of amides is 2. The molecule has 2 amide bonds. The topological polar surface area (TPSA) is 118 Å². The zero-order chi connectivity index (χ0) is 27.9. The minimum Gasteiger partial charge on any atom is -0.361 e. The third-order valence-corrected chi connectivity index (χ3v) is 6.38. The van der Waals surface area contributed by atoms with Gasteiger partial charge in [-0.15, -0.1) is 0 Å². The predicted molar refractivity (Wildman–Crippen MR) is 155 cm³/mol. The number of fused-ring (bicyclic) bond motifs is 2. The second-order valence-electron chi connectivity index (χ2n) is 9.15. The molecule has 5 aromatic rings. The quantitative estimate of drug-likeness (QED) is 0.123. The summed E-state index contributed by atoms with van der Waals surface area (Å²) in [6.45, 7) is 7.89. The highest BCUT2D eigenvalue weighted by Crippen LogP contribution is 2.18. The second-order valence-corrected chi connectivity index (χ2v) is 9.15. The molecule has 8 heteroatoms. The Morgan fingerprint density at radius 2 is 1.38 bits per heavy atom. The fourth-order valence-corrected chi connectivity index (χ4v) is 4.34. The van der Waals surface area contributed by atoms with Gasteiger partial charge in [0, 0.05) is 36.5 Å². The highest BCUT2D eigenvalue weighted by molar-refractivity contribution is 6.02. The van der Waals surface area contributed by atoms with Crippen molar-refractivity contribution in [2.45, 2.75) is 13.1 Å². The summed E-state index contributed by atoms with van der Waals surface area (Å²) in [5.74, 6) is -0.940. The van der Waals surface area contributed by atoms with Crippen LogP contribution in [0.1, 0.15) is 22.3 Å². The van der Waals surface area contributed by atoms with E-state index in [0.29, 0.717) is 0 Å². The van der Waals surface area contributed by atoms with Gasteiger partial charge in [0.05, 0.1) is 6.57 Å². The van der Waals surface area contributed by atoms with Gasteiger partial charge in [-0.2, -0.15) is 5.26 Å². The first-order valence-corrected chi connectivity index (χ1v) is 12.5. The Bertz CT molecular complexity index is 1740. The summed E-state index contributed by atoms with van der Waals surface area (Å²) < 4.78 is 0. The van der Waals surface area contributed by atoms with Crippen LogP contribution in [0.2, 0.25) is 0 Å². The average Bonchev–Trinajstić information content (AvgIpc) is 3.65. The first kappa shape index (κ1) is 25.8. The Hall–Kier alpha value is -5.86. The third kappa shape index (κ3) is 5.99. The molecule has 0 aliphatic heterocycles. The molecule has 0 fully saturated rings. The number of rotatable bonds is 8. The van der Waals surface area contributed by atoms with E-state index < -0.39 is 11.8 Å². The van der Waals surface area contributed by atoms with E-state index in [1.165, 1.54) is 0 Å². The largest absolute Gasteiger partial charge is 0.361 e. The van der Waals surface area contributed by atoms with Crippen molar-refractivity contribution >= 4 is 45.8 Å². The van der Waals surface area contributed by atoms with E-state index in [1.54, 1.807) is 12.2 Å². The maximum atomic E-state index is 12.7. The highest BCUT2D eigenvalue weighted by atomic mass is 16.2. The van der Waals surface area contributed by atoms with Crippen LogP contribution >= 0.6 is 0 Å². The summed E-state index contributed by atoms with van der Waals surface area (Å²) in [4.78, 5) is 35.0. The number of hydrogen-bond acceptors (Lipinski definition) is 3. The van der Waals surface area contributed by atoms with Crippen LogP contribution in [0.25, 0.3) is 38.8 Å². The fourth-order valence-electron chi connectivity index (χ4n) is 4.34. The Balaban J connectivity index is 1.19. The first-order valence-electron chi connectivity index (χ1n) is 12.5. The zero-order valence-electron chi connectivity index (χ0n) is 21.4. The molecule has 2 heterocycles. The maximum absolute atomic E-state index is 12.7. The van der Waals surface area contributed by atoms with E-state index in [0.717, 1.165) is 44.1 Å². The Morgan fingerprint density at radius 3 is 1.95 bits per heavy atom. The number of carbonyl (C=O) groups is 2. The van der Waals surface area contributed by atoms with Gasteiger partial charge in [0.25, 0.3) is 17.5 Å². The van der Waals surface area contributed by atoms with E-state index in [4.69, 9.17) is 6.57 Å². The van der Waals surface area contributed by atoms with E-state index >= 15 is 0 Å². The summed E-state index contributed by atoms with van der Waals surface area (Å²) in [6, 6.07) is 24.5. The highest BCUT2D eigenvalue weighted by Gasteiger charge is 2.12. The van der Waals surface area contributed by atoms with Gasteiger partial charge in [-0.05, 0) is 81.6 Å². The number of aromatic amines is 2. The smallest absolute Gasteiger partial charge is 0.262 e. The molecule has 8 nitrogen and oxygen atoms in total. The zero-order valence-corrected chi connectivity index (χ0v) is 21.4. The van der Waals surface area contributed by atoms with Gasteiger partial charge in [-0.1, -0.05) is 36.4 Å². The lowest BCUT2D eigenvalue weighted by Crippen LogP contribution is -2.25. The number of aromatic nitrogens is 2. The molecule has 3 aromatic carbocycles. The number of H-pyrrole nitrogens is 2. The van der Waals surface area contributed by atoms with E-state index in [2.05, 4.69) is 25.4 Å². The lowest BCUT2D eigenvalue weighted by atomic mass is 10.1. The normalized spacial score (nSPS) is 11.7. The number of nitrogens with one attached hydrogen (secondary N) is 4. The third-order valence-electron chi connectivity index (χ3n) is 6.38. The first-order chi connectivity index (χ1) is 19.5. The number of benzene rings is 3. The van der Waals surface area contributed by atoms with Gasteiger partial charge in [0.15, 0.2) is 0 Å². The molecule has 0 saturated carbocycles. The molecule has 0 unspecified atom stereocenters. The van der Waals surface area contributed by atoms with Gasteiger partial charge in [0.2, 0.25) is 0 Å². The minimum atomic E-state index is -0.472. The number of nitrogens with zero attached hydrogens (tertiary/aromatic N) is 2. The molecule has 0 aliphatic rings. The van der Waals surface area contributed by atoms with Crippen LogP contribution in [0.3, 0.4) is 0 Å². The molecule has 4 N–H and O–H groups in total. The van der Waals surface area contributed by atoms with Crippen LogP contribution in [-0.4, -0.2) is 21.8 Å². The van der Waals surface area contributed by atoms with Crippen molar-refractivity contribution in [2.75, 3.05) is 0 Å². The van der Waals surface area contributed by atoms with Crippen molar-refractivity contribution in [2.24, 2.45) is 0 Å². The average molecular weight is 525 g/mol. The van der Waals surface area contributed by atoms with E-state index in [9.17, 15) is 14.9 Å². The van der Waals surface area contributed by atoms with Crippen LogP contribution in [-0.2, 0) is 22.7 Å². The van der Waals surface area contributed by atoms with Gasteiger partial charge >= 0.3 is 0 Å². The predicted octanol–water partition coefficient (Wildman–Crippen LogP) is 5.45. The Kier molecular flexibility index (Phi) is 7.53. The number of hydrogen-bond donors (Lipinski definition) is 4. The monoisotopic (exact) mass is 524 g/mol. The molecule has 0 radical (unpaired) electrons. The van der Waals surface area contributed by atoms with Gasteiger partial charge < -0.3 is 20.6 Å². The molecular weight excluding hydrogens is 500 g/mol. The summed E-state index contributed by atoms with van der Waals surface area (Å²) in [5.41, 5.74) is 5.11. The van der Waals surface area contributed by atoms with Crippen molar-refractivity contribution in [3.05, 3.63) is 130 Å². The summed E-state index contributed by atoms with van der Waals surface area (Å²) in [5, 5.41) is 17.1. The summed E-state index contributed by atoms with van der Waals surface area (Å²) in [6.07, 6.45) is 6.80. The summed E-state index contributed by atoms with van der Waals surface area (Å²) in [7, 11) is 0. The van der Waals surface area contributed by atoms with Crippen LogP contribution in [0.5, 0.6) is 0 Å². The van der Waals surface area contributed by atoms with Crippen LogP contribution in [0, 0.1) is 17.9 Å². The lowest BCUT2D eigenvalue weighted by molar-refractivity contribution is -0.118. The fraction of sp³-hybridized carbons (Fsp3) is 0.0625. The molecule has 0 bridgehead atoms. The SMILES string of the molecule is [C-]#[N+]/C(=C/c1ccc2[nH]ccc2c1)C(=O)NCc1cccc(CNC(=O)/C(C#N)=C\c2ccc3[nH]ccc3c2)c1. The summed E-state index contributed by atoms with van der Waals surface area (Å²) >= 11 is 0. The van der Waals surface area contributed by atoms with Gasteiger partial charge in [-0.3, -0.25) is 9.59 Å². The van der Waals surface area contributed by atoms with E-state index in [1.807, 2.05) is 91.3 Å². The van der Waals surface area contributed by atoms with Crippen molar-refractivity contribution < 1.29 is 9.59 Å². The molecule has 0 aliphatic carbocycles. The Morgan fingerprint density at radius 1 is 0.800 bits per heavy atom. The lowest BCUT2D eigenvalue weighted by Gasteiger charge is -2.09. The number of carbonyl (C=O) groups excluding carboxylic acids is 2. The van der Waals surface area contributed by atoms with Crippen LogP contribution in [0.15, 0.2) is 96.5 Å². The molecule has 0 saturated heterocycles. The molecule has 5 rings (SSSR count). The Labute approximate surface area is 230 Å². The minimum absolute atomic E-state index is 0.00687. The van der Waals surface area contributed by atoms with Crippen molar-refractivity contribution in [1.29, 1.82) is 5.26 Å². The van der Waals surface area contributed by atoms with Crippen molar-refractivity contribution in [3.8, 4) is 6.07 Å². The van der Waals surface area contributed by atoms with Gasteiger partial charge in [-0.25, -0.2) is 4.85 Å². The van der Waals surface area contributed by atoms with Crippen LogP contribution in [0.4, 0.5) is 0 Å². The molecule has 2 aromatic heterocycles. The molecule has 40 heavy (non-hydrogen) atoms. The standard InChI is InChI=1S/C32H24N6O2/c1-34-30(17-22-6-8-29-26(15-22)10-12-36-29)32(40)38-20-24-4-2-3-23(13-24)19-37-31(39)27(18-33)16-21-5-7-28-25(14-21)9-11-35-28/h2-17,35-36H,19-20H2,(H,37,39)(H,38,40)/b27-16-,30-17+. The second kappa shape index (κ2) is 11.7. The number of nitriles is 1. The van der Waals surface area contributed by atoms with Crippen LogP contribution < -0.4 is 10.6 Å². The van der Waals surface area contributed by atoms with Crippen molar-refractivity contribution in [3.63, 3.8) is 0 Å². The molecular formula is C32H24N6O2. The van der Waals surface area contributed by atoms with Gasteiger partial charge in [0.1, 0.15) is 11.6 Å². The van der Waals surface area contributed by atoms with Crippen molar-refractivity contribution in [1.82, 2.24) is 20.6 Å². The molecule has 0 atom stereocenters. The maximum Gasteiger partial charge on any atom is 0.262 e. The van der Waals surface area contributed by atoms with E-state index in [-0.39, 0.29) is 24.4 Å². The molecule has 0 spiro atoms. The molecule has 194 valence electrons.